The summed E-state index contributed by atoms with van der Waals surface area (Å²) in [6, 6.07) is 0. The Bertz CT molecular complexity index is 122. The van der Waals surface area contributed by atoms with Gasteiger partial charge in [0, 0.05) is 0 Å². The minimum absolute atomic E-state index is 0.696. The van der Waals surface area contributed by atoms with Crippen molar-refractivity contribution in [1.82, 2.24) is 9.80 Å². The van der Waals surface area contributed by atoms with Crippen molar-refractivity contribution in [2.75, 3.05) is 26.2 Å². The van der Waals surface area contributed by atoms with Crippen molar-refractivity contribution in [3.05, 3.63) is 0 Å². The monoisotopic (exact) mass is 322 g/mol. The molecule has 2 nitrogen and oxygen atoms in total. The molecule has 0 fully saturated rings. The van der Waals surface area contributed by atoms with Crippen molar-refractivity contribution in [1.29, 1.82) is 0 Å². The number of nitrogens with zero attached hydrogens (tertiary/aromatic N) is 2. The van der Waals surface area contributed by atoms with E-state index >= 15 is 0 Å². The van der Waals surface area contributed by atoms with Crippen LogP contribution in [-0.4, -0.2) is 64.7 Å². The Morgan fingerprint density at radius 3 is 1.53 bits per heavy atom. The summed E-state index contributed by atoms with van der Waals surface area (Å²) < 4.78 is 1.51. The first-order valence-electron chi connectivity index (χ1n) is 6.73. The Morgan fingerprint density at radius 1 is 0.867 bits per heavy atom. The first-order chi connectivity index (χ1) is 7.24. The summed E-state index contributed by atoms with van der Waals surface area (Å²) in [5, 5.41) is 0. The van der Waals surface area contributed by atoms with Gasteiger partial charge in [-0.1, -0.05) is 0 Å². The van der Waals surface area contributed by atoms with E-state index in [4.69, 9.17) is 0 Å². The van der Waals surface area contributed by atoms with Crippen LogP contribution in [0.5, 0.6) is 0 Å². The molecule has 0 atom stereocenters. The van der Waals surface area contributed by atoms with E-state index in [1.165, 1.54) is 43.5 Å². The zero-order chi connectivity index (χ0) is 11.7. The van der Waals surface area contributed by atoms with Gasteiger partial charge in [-0.2, -0.15) is 0 Å². The van der Waals surface area contributed by atoms with Crippen LogP contribution in [0.25, 0.3) is 0 Å². The molecule has 92 valence electrons. The topological polar surface area (TPSA) is 6.48 Å². The van der Waals surface area contributed by atoms with E-state index in [2.05, 4.69) is 37.5 Å². The fraction of sp³-hybridized carbons (Fsp3) is 1.00. The zero-order valence-electron chi connectivity index (χ0n) is 11.4. The summed E-state index contributed by atoms with van der Waals surface area (Å²) in [6.07, 6.45) is 3.51. The van der Waals surface area contributed by atoms with Gasteiger partial charge in [-0.05, 0) is 0 Å². The Hall–Kier alpha value is 0.719. The number of hydrogen-bond acceptors (Lipinski definition) is 2. The van der Waals surface area contributed by atoms with Crippen LogP contribution in [0.4, 0.5) is 0 Å². The van der Waals surface area contributed by atoms with E-state index in [0.29, 0.717) is 6.17 Å². The Morgan fingerprint density at radius 2 is 1.27 bits per heavy atom. The van der Waals surface area contributed by atoms with Crippen molar-refractivity contribution < 1.29 is 0 Å². The number of hydrogen-bond donors (Lipinski definition) is 0. The maximum atomic E-state index is 2.61. The second-order valence-electron chi connectivity index (χ2n) is 4.07. The van der Waals surface area contributed by atoms with Gasteiger partial charge in [0.15, 0.2) is 0 Å². The van der Waals surface area contributed by atoms with Crippen molar-refractivity contribution in [2.24, 2.45) is 0 Å². The van der Waals surface area contributed by atoms with Crippen molar-refractivity contribution in [3.8, 4) is 0 Å². The van der Waals surface area contributed by atoms with Crippen LogP contribution in [0.3, 0.4) is 0 Å². The Kier molecular flexibility index (Phi) is 10.4. The van der Waals surface area contributed by atoms with Crippen LogP contribution in [0.15, 0.2) is 0 Å². The van der Waals surface area contributed by atoms with Gasteiger partial charge in [-0.15, -0.1) is 0 Å². The minimum atomic E-state index is 0.696. The molecular weight excluding hydrogens is 291 g/mol. The van der Waals surface area contributed by atoms with E-state index in [9.17, 15) is 0 Å². The molecule has 0 radical (unpaired) electrons. The van der Waals surface area contributed by atoms with Crippen molar-refractivity contribution in [2.45, 2.75) is 51.1 Å². The molecule has 0 aliphatic rings. The zero-order valence-corrected chi connectivity index (χ0v) is 17.1. The molecular formula is C12H30N2Sn. The molecule has 0 heterocycles. The van der Waals surface area contributed by atoms with Crippen LogP contribution < -0.4 is 0 Å². The van der Waals surface area contributed by atoms with Gasteiger partial charge < -0.3 is 0 Å². The fourth-order valence-electron chi connectivity index (χ4n) is 2.27. The third-order valence-electron chi connectivity index (χ3n) is 3.28. The summed E-state index contributed by atoms with van der Waals surface area (Å²) in [5.41, 5.74) is 0. The SMILES string of the molecule is CCN(CC)C(CC[CH2][SnH3])N(CC)CC. The molecule has 0 aliphatic carbocycles. The molecule has 0 aromatic heterocycles. The van der Waals surface area contributed by atoms with Crippen LogP contribution >= 0.6 is 0 Å². The fourth-order valence-corrected chi connectivity index (χ4v) is 3.44. The average Bonchev–Trinajstić information content (AvgIpc) is 2.28. The van der Waals surface area contributed by atoms with Crippen molar-refractivity contribution >= 4 is 22.5 Å². The van der Waals surface area contributed by atoms with Crippen LogP contribution in [-0.2, 0) is 0 Å². The molecule has 0 aromatic carbocycles. The van der Waals surface area contributed by atoms with E-state index in [-0.39, 0.29) is 0 Å². The summed E-state index contributed by atoms with van der Waals surface area (Å²) >= 11 is 0.882. The molecule has 0 N–H and O–H groups in total. The Labute approximate surface area is 109 Å². The summed E-state index contributed by atoms with van der Waals surface area (Å²) in [6.45, 7) is 13.9. The summed E-state index contributed by atoms with van der Waals surface area (Å²) in [4.78, 5) is 5.22. The van der Waals surface area contributed by atoms with E-state index in [1.54, 1.807) is 0 Å². The van der Waals surface area contributed by atoms with Gasteiger partial charge in [-0.3, -0.25) is 0 Å². The summed E-state index contributed by atoms with van der Waals surface area (Å²) in [5.74, 6) is 0. The van der Waals surface area contributed by atoms with E-state index < -0.39 is 0 Å². The molecule has 0 unspecified atom stereocenters. The van der Waals surface area contributed by atoms with Crippen LogP contribution in [0.1, 0.15) is 40.5 Å². The van der Waals surface area contributed by atoms with Crippen LogP contribution in [0, 0.1) is 0 Å². The molecule has 0 bridgehead atoms. The molecule has 0 rings (SSSR count). The van der Waals surface area contributed by atoms with Gasteiger partial charge in [0.1, 0.15) is 0 Å². The van der Waals surface area contributed by atoms with E-state index in [1.807, 2.05) is 0 Å². The molecule has 0 amide bonds. The van der Waals surface area contributed by atoms with E-state index in [0.717, 1.165) is 22.5 Å². The average molecular weight is 321 g/mol. The van der Waals surface area contributed by atoms with Gasteiger partial charge in [-0.25, -0.2) is 0 Å². The Balaban J connectivity index is 4.38. The molecule has 0 spiro atoms. The molecule has 0 saturated heterocycles. The second-order valence-corrected chi connectivity index (χ2v) is 6.92. The molecule has 0 aliphatic heterocycles. The maximum absolute atomic E-state index is 2.61. The van der Waals surface area contributed by atoms with Gasteiger partial charge in [0.25, 0.3) is 0 Å². The molecule has 0 saturated carbocycles. The quantitative estimate of drug-likeness (QED) is 0.470. The standard InChI is InChI=1S/C12H27N2.Sn.3H/c1-6-11-12(13(7-2)8-3)14(9-4)10-5;;;;/h12H,1,6-11H2,2-5H3;;;;. The van der Waals surface area contributed by atoms with Gasteiger partial charge >= 0.3 is 110 Å². The predicted molar refractivity (Wildman–Crippen MR) is 73.6 cm³/mol. The first-order valence-corrected chi connectivity index (χ1v) is 10.8. The van der Waals surface area contributed by atoms with Gasteiger partial charge in [0.2, 0.25) is 0 Å². The molecule has 15 heavy (non-hydrogen) atoms. The molecule has 3 heteroatoms. The third-order valence-corrected chi connectivity index (χ3v) is 5.30. The predicted octanol–water partition coefficient (Wildman–Crippen LogP) is 1.56. The van der Waals surface area contributed by atoms with Crippen LogP contribution in [0.2, 0.25) is 4.44 Å². The normalized spacial score (nSPS) is 12.2. The first kappa shape index (κ1) is 15.7. The van der Waals surface area contributed by atoms with Gasteiger partial charge in [0.05, 0.1) is 0 Å². The third kappa shape index (κ3) is 5.55. The second kappa shape index (κ2) is 9.91. The van der Waals surface area contributed by atoms with Crippen molar-refractivity contribution in [3.63, 3.8) is 0 Å². The number of rotatable bonds is 9. The summed E-state index contributed by atoms with van der Waals surface area (Å²) in [7, 11) is 0. The molecule has 0 aromatic rings.